The number of carboxylic acids is 2. The van der Waals surface area contributed by atoms with E-state index in [2.05, 4.69) is 4.90 Å². The summed E-state index contributed by atoms with van der Waals surface area (Å²) in [5.41, 5.74) is 0. The second-order valence-corrected chi connectivity index (χ2v) is 5.29. The quantitative estimate of drug-likeness (QED) is 0.562. The Kier molecular flexibility index (Phi) is 11.2. The Morgan fingerprint density at radius 1 is 1.09 bits per heavy atom. The van der Waals surface area contributed by atoms with E-state index in [1.54, 1.807) is 18.2 Å². The fourth-order valence-corrected chi connectivity index (χ4v) is 1.48. The number of benzene rings is 1. The van der Waals surface area contributed by atoms with Gasteiger partial charge in [0, 0.05) is 17.6 Å². The highest BCUT2D eigenvalue weighted by Gasteiger charge is 2.04. The van der Waals surface area contributed by atoms with Crippen molar-refractivity contribution in [2.45, 2.75) is 0 Å². The molecule has 1 aromatic carbocycles. The molecular formula is C14H19Cl2NO6. The first-order chi connectivity index (χ1) is 10.7. The lowest BCUT2D eigenvalue weighted by Gasteiger charge is -2.11. The van der Waals surface area contributed by atoms with Gasteiger partial charge in [-0.3, -0.25) is 0 Å². The van der Waals surface area contributed by atoms with Gasteiger partial charge in [0.1, 0.15) is 12.4 Å². The molecule has 0 aliphatic rings. The molecule has 0 radical (unpaired) electrons. The molecule has 0 amide bonds. The molecule has 1 rings (SSSR count). The van der Waals surface area contributed by atoms with Gasteiger partial charge in [-0.25, -0.2) is 9.59 Å². The van der Waals surface area contributed by atoms with Crippen molar-refractivity contribution in [3.05, 3.63) is 28.2 Å². The number of likely N-dealkylation sites (N-methyl/N-ethyl adjacent to an activating group) is 1. The summed E-state index contributed by atoms with van der Waals surface area (Å²) in [5.74, 6) is -3.06. The average molecular weight is 368 g/mol. The van der Waals surface area contributed by atoms with Gasteiger partial charge in [0.2, 0.25) is 0 Å². The highest BCUT2D eigenvalue weighted by atomic mass is 35.5. The second-order valence-electron chi connectivity index (χ2n) is 4.45. The molecule has 0 atom stereocenters. The Morgan fingerprint density at radius 2 is 1.70 bits per heavy atom. The molecule has 0 aliphatic heterocycles. The van der Waals surface area contributed by atoms with E-state index in [0.29, 0.717) is 35.6 Å². The summed E-state index contributed by atoms with van der Waals surface area (Å²) in [4.78, 5) is 20.3. The van der Waals surface area contributed by atoms with Crippen molar-refractivity contribution < 1.29 is 29.3 Å². The fourth-order valence-electron chi connectivity index (χ4n) is 1.15. The maximum Gasteiger partial charge on any atom is 0.414 e. The first-order valence-electron chi connectivity index (χ1n) is 6.50. The van der Waals surface area contributed by atoms with Crippen molar-refractivity contribution in [1.82, 2.24) is 4.90 Å². The molecule has 0 aliphatic carbocycles. The van der Waals surface area contributed by atoms with E-state index in [0.717, 1.165) is 6.54 Å². The highest BCUT2D eigenvalue weighted by Crippen LogP contribution is 2.27. The molecular weight excluding hydrogens is 349 g/mol. The van der Waals surface area contributed by atoms with Gasteiger partial charge in [0.25, 0.3) is 0 Å². The van der Waals surface area contributed by atoms with Gasteiger partial charge in [-0.05, 0) is 26.2 Å². The number of halogens is 2. The summed E-state index contributed by atoms with van der Waals surface area (Å²) in [6, 6.07) is 5.14. The van der Waals surface area contributed by atoms with Crippen LogP contribution in [0.2, 0.25) is 10.0 Å². The van der Waals surface area contributed by atoms with Crippen molar-refractivity contribution in [2.75, 3.05) is 40.5 Å². The molecule has 1 aromatic rings. The monoisotopic (exact) mass is 367 g/mol. The summed E-state index contributed by atoms with van der Waals surface area (Å²) < 4.78 is 10.9. The SMILES string of the molecule is CN(C)CCOCCOc1cc(Cl)ccc1Cl.O=C(O)C(=O)O. The van der Waals surface area contributed by atoms with Gasteiger partial charge in [-0.2, -0.15) is 0 Å². The number of hydrogen-bond acceptors (Lipinski definition) is 5. The van der Waals surface area contributed by atoms with Crippen molar-refractivity contribution in [3.8, 4) is 5.75 Å². The van der Waals surface area contributed by atoms with E-state index < -0.39 is 11.9 Å². The van der Waals surface area contributed by atoms with Crippen LogP contribution in [0.4, 0.5) is 0 Å². The van der Waals surface area contributed by atoms with Crippen molar-refractivity contribution in [3.63, 3.8) is 0 Å². The molecule has 0 bridgehead atoms. The Bertz CT molecular complexity index is 498. The Labute approximate surface area is 144 Å². The largest absolute Gasteiger partial charge is 0.490 e. The van der Waals surface area contributed by atoms with E-state index in [-0.39, 0.29) is 0 Å². The normalized spacial score (nSPS) is 9.96. The Balaban J connectivity index is 0.000000688. The number of nitrogens with zero attached hydrogens (tertiary/aromatic N) is 1. The van der Waals surface area contributed by atoms with Crippen molar-refractivity contribution >= 4 is 35.1 Å². The average Bonchev–Trinajstić information content (AvgIpc) is 2.46. The zero-order valence-corrected chi connectivity index (χ0v) is 14.3. The number of ether oxygens (including phenoxy) is 2. The van der Waals surface area contributed by atoms with E-state index in [9.17, 15) is 0 Å². The summed E-state index contributed by atoms with van der Waals surface area (Å²) in [6.45, 7) is 2.60. The lowest BCUT2D eigenvalue weighted by atomic mass is 10.3. The van der Waals surface area contributed by atoms with Gasteiger partial charge in [0.15, 0.2) is 0 Å². The number of carbonyl (C=O) groups is 2. The molecule has 0 spiro atoms. The van der Waals surface area contributed by atoms with Crippen LogP contribution in [0.1, 0.15) is 0 Å². The topological polar surface area (TPSA) is 96.3 Å². The zero-order valence-electron chi connectivity index (χ0n) is 12.8. The maximum absolute atomic E-state index is 9.10. The first-order valence-corrected chi connectivity index (χ1v) is 7.26. The molecule has 0 saturated heterocycles. The molecule has 0 aromatic heterocycles. The molecule has 0 unspecified atom stereocenters. The van der Waals surface area contributed by atoms with E-state index in [1.165, 1.54) is 0 Å². The van der Waals surface area contributed by atoms with Gasteiger partial charge in [-0.1, -0.05) is 23.2 Å². The van der Waals surface area contributed by atoms with Gasteiger partial charge < -0.3 is 24.6 Å². The third-order valence-corrected chi connectivity index (χ3v) is 2.79. The summed E-state index contributed by atoms with van der Waals surface area (Å²) in [5, 5.41) is 15.9. The predicted octanol–water partition coefficient (Wildman–Crippen LogP) is 2.11. The predicted molar refractivity (Wildman–Crippen MR) is 86.6 cm³/mol. The molecule has 2 N–H and O–H groups in total. The zero-order chi connectivity index (χ0) is 17.8. The lowest BCUT2D eigenvalue weighted by molar-refractivity contribution is -0.159. The van der Waals surface area contributed by atoms with Crippen LogP contribution in [0.15, 0.2) is 18.2 Å². The third kappa shape index (κ3) is 11.7. The first kappa shape index (κ1) is 21.5. The Hall–Kier alpha value is -1.54. The Morgan fingerprint density at radius 3 is 2.22 bits per heavy atom. The van der Waals surface area contributed by atoms with E-state index in [4.69, 9.17) is 52.5 Å². The van der Waals surface area contributed by atoms with Crippen LogP contribution >= 0.6 is 23.2 Å². The number of aliphatic carboxylic acids is 2. The molecule has 0 fully saturated rings. The molecule has 0 heterocycles. The van der Waals surface area contributed by atoms with E-state index in [1.807, 2.05) is 14.1 Å². The molecule has 23 heavy (non-hydrogen) atoms. The highest BCUT2D eigenvalue weighted by molar-refractivity contribution is 6.34. The molecule has 0 saturated carbocycles. The molecule has 130 valence electrons. The van der Waals surface area contributed by atoms with Crippen LogP contribution in [0.3, 0.4) is 0 Å². The van der Waals surface area contributed by atoms with Gasteiger partial charge in [0.05, 0.1) is 18.2 Å². The molecule has 7 nitrogen and oxygen atoms in total. The van der Waals surface area contributed by atoms with Crippen molar-refractivity contribution in [1.29, 1.82) is 0 Å². The van der Waals surface area contributed by atoms with Crippen molar-refractivity contribution in [2.24, 2.45) is 0 Å². The maximum atomic E-state index is 9.10. The number of rotatable bonds is 7. The minimum atomic E-state index is -1.82. The lowest BCUT2D eigenvalue weighted by Crippen LogP contribution is -2.19. The van der Waals surface area contributed by atoms with Crippen LogP contribution < -0.4 is 4.74 Å². The van der Waals surface area contributed by atoms with Crippen LogP contribution in [0, 0.1) is 0 Å². The van der Waals surface area contributed by atoms with Gasteiger partial charge >= 0.3 is 11.9 Å². The smallest absolute Gasteiger partial charge is 0.414 e. The summed E-state index contributed by atoms with van der Waals surface area (Å²) in [6.07, 6.45) is 0. The number of carboxylic acid groups (broad SMARTS) is 2. The van der Waals surface area contributed by atoms with Crippen LogP contribution in [0.5, 0.6) is 5.75 Å². The third-order valence-electron chi connectivity index (χ3n) is 2.24. The minimum Gasteiger partial charge on any atom is -0.490 e. The van der Waals surface area contributed by atoms with Crippen LogP contribution in [-0.4, -0.2) is 67.5 Å². The molecule has 9 heteroatoms. The van der Waals surface area contributed by atoms with Gasteiger partial charge in [-0.15, -0.1) is 0 Å². The second kappa shape index (κ2) is 12.0. The number of hydrogen-bond donors (Lipinski definition) is 2. The summed E-state index contributed by atoms with van der Waals surface area (Å²) >= 11 is 11.8. The standard InChI is InChI=1S/C12H17Cl2NO2.C2H2O4/c1-15(2)5-6-16-7-8-17-12-9-10(13)3-4-11(12)14;3-1(4)2(5)6/h3-4,9H,5-8H2,1-2H3;(H,3,4)(H,5,6). The van der Waals surface area contributed by atoms with Crippen LogP contribution in [0.25, 0.3) is 0 Å². The van der Waals surface area contributed by atoms with Crippen LogP contribution in [-0.2, 0) is 14.3 Å². The fraction of sp³-hybridized carbons (Fsp3) is 0.429. The summed E-state index contributed by atoms with van der Waals surface area (Å²) in [7, 11) is 4.01. The van der Waals surface area contributed by atoms with E-state index >= 15 is 0 Å². The minimum absolute atomic E-state index is 0.466.